The number of hydrogen-bond acceptors (Lipinski definition) is 4. The summed E-state index contributed by atoms with van der Waals surface area (Å²) in [6, 6.07) is 5.43. The minimum atomic E-state index is -0.798. The van der Waals surface area contributed by atoms with Crippen LogP contribution < -0.4 is 9.47 Å². The summed E-state index contributed by atoms with van der Waals surface area (Å²) < 4.78 is 11.8. The maximum Gasteiger partial charge on any atom is 0.175 e. The molecule has 0 saturated heterocycles. The molecule has 1 aliphatic heterocycles. The van der Waals surface area contributed by atoms with E-state index in [1.54, 1.807) is 12.1 Å². The Hall–Kier alpha value is -1.25. The van der Waals surface area contributed by atoms with Gasteiger partial charge in [-0.05, 0) is 33.6 Å². The third kappa shape index (κ3) is 2.71. The zero-order valence-electron chi connectivity index (χ0n) is 9.15. The Morgan fingerprint density at radius 2 is 2.18 bits per heavy atom. The molecule has 0 radical (unpaired) electrons. The first-order valence-electron chi connectivity index (χ1n) is 5.36. The Labute approximate surface area is 108 Å². The fraction of sp³-hybridized carbons (Fsp3) is 0.417. The van der Waals surface area contributed by atoms with Crippen LogP contribution >= 0.6 is 15.9 Å². The molecule has 1 aromatic rings. The topological polar surface area (TPSA) is 62.5 Å². The van der Waals surface area contributed by atoms with Crippen molar-refractivity contribution in [3.8, 4) is 17.6 Å². The van der Waals surface area contributed by atoms with Crippen LogP contribution in [0.25, 0.3) is 0 Å². The molecule has 0 aliphatic carbocycles. The van der Waals surface area contributed by atoms with E-state index in [1.165, 1.54) is 0 Å². The molecule has 0 amide bonds. The molecular weight excluding hydrogens is 286 g/mol. The number of nitrogens with zero attached hydrogens (tertiary/aromatic N) is 1. The monoisotopic (exact) mass is 297 g/mol. The van der Waals surface area contributed by atoms with Gasteiger partial charge in [0, 0.05) is 6.42 Å². The van der Waals surface area contributed by atoms with Crippen molar-refractivity contribution in [2.75, 3.05) is 13.2 Å². The quantitative estimate of drug-likeness (QED) is 0.911. The maximum absolute atomic E-state index is 9.78. The molecule has 4 nitrogen and oxygen atoms in total. The highest BCUT2D eigenvalue weighted by atomic mass is 79.9. The Balaban J connectivity index is 2.35. The van der Waals surface area contributed by atoms with Gasteiger partial charge in [-0.1, -0.05) is 0 Å². The van der Waals surface area contributed by atoms with Gasteiger partial charge in [0.25, 0.3) is 0 Å². The molecule has 1 atom stereocenters. The summed E-state index contributed by atoms with van der Waals surface area (Å²) in [4.78, 5) is 0. The van der Waals surface area contributed by atoms with Crippen LogP contribution in [0.4, 0.5) is 0 Å². The van der Waals surface area contributed by atoms with Gasteiger partial charge in [-0.25, -0.2) is 0 Å². The van der Waals surface area contributed by atoms with E-state index in [2.05, 4.69) is 15.9 Å². The molecule has 1 N–H and O–H groups in total. The highest BCUT2D eigenvalue weighted by molar-refractivity contribution is 9.10. The van der Waals surface area contributed by atoms with Crippen LogP contribution in [0.15, 0.2) is 16.6 Å². The van der Waals surface area contributed by atoms with Crippen LogP contribution in [0.2, 0.25) is 0 Å². The van der Waals surface area contributed by atoms with E-state index >= 15 is 0 Å². The van der Waals surface area contributed by atoms with Crippen LogP contribution in [-0.4, -0.2) is 18.3 Å². The second-order valence-electron chi connectivity index (χ2n) is 3.76. The number of fused-ring (bicyclic) bond motifs is 1. The average molecular weight is 298 g/mol. The summed E-state index contributed by atoms with van der Waals surface area (Å²) in [6.45, 7) is 1.21. The van der Waals surface area contributed by atoms with Crippen LogP contribution in [0.5, 0.6) is 11.5 Å². The number of aliphatic hydroxyl groups excluding tert-OH is 1. The first-order chi connectivity index (χ1) is 8.22. The van der Waals surface area contributed by atoms with E-state index in [9.17, 15) is 5.11 Å². The van der Waals surface area contributed by atoms with Crippen molar-refractivity contribution in [2.24, 2.45) is 0 Å². The van der Waals surface area contributed by atoms with Crippen LogP contribution in [0.1, 0.15) is 24.5 Å². The fourth-order valence-corrected chi connectivity index (χ4v) is 2.22. The predicted octanol–water partition coefficient (Wildman–Crippen LogP) is 2.56. The van der Waals surface area contributed by atoms with Gasteiger partial charge in [-0.2, -0.15) is 5.26 Å². The summed E-state index contributed by atoms with van der Waals surface area (Å²) in [5.41, 5.74) is 0.655. The Morgan fingerprint density at radius 3 is 2.94 bits per heavy atom. The lowest BCUT2D eigenvalue weighted by atomic mass is 10.1. The normalized spacial score (nSPS) is 15.8. The SMILES string of the molecule is N#CCC(O)c1cc(Br)c2c(c1)OCCCO2. The van der Waals surface area contributed by atoms with E-state index < -0.39 is 6.10 Å². The zero-order chi connectivity index (χ0) is 12.3. The van der Waals surface area contributed by atoms with Gasteiger partial charge in [0.15, 0.2) is 11.5 Å². The Kier molecular flexibility index (Phi) is 3.87. The fourth-order valence-electron chi connectivity index (χ4n) is 1.65. The number of ether oxygens (including phenoxy) is 2. The molecule has 0 bridgehead atoms. The van der Waals surface area contributed by atoms with Crippen molar-refractivity contribution in [1.82, 2.24) is 0 Å². The number of hydrogen-bond donors (Lipinski definition) is 1. The Bertz CT molecular complexity index is 456. The molecule has 5 heteroatoms. The lowest BCUT2D eigenvalue weighted by Gasteiger charge is -2.13. The van der Waals surface area contributed by atoms with Crippen molar-refractivity contribution in [1.29, 1.82) is 5.26 Å². The summed E-state index contributed by atoms with van der Waals surface area (Å²) in [7, 11) is 0. The first kappa shape index (κ1) is 12.2. The van der Waals surface area contributed by atoms with E-state index in [-0.39, 0.29) is 6.42 Å². The van der Waals surface area contributed by atoms with Crippen molar-refractivity contribution in [2.45, 2.75) is 18.9 Å². The second-order valence-corrected chi connectivity index (χ2v) is 4.61. The van der Waals surface area contributed by atoms with E-state index in [0.717, 1.165) is 10.9 Å². The van der Waals surface area contributed by atoms with E-state index in [1.807, 2.05) is 6.07 Å². The number of nitriles is 1. The lowest BCUT2D eigenvalue weighted by Crippen LogP contribution is -1.99. The number of aliphatic hydroxyl groups is 1. The van der Waals surface area contributed by atoms with Crippen LogP contribution in [0.3, 0.4) is 0 Å². The molecule has 1 aromatic carbocycles. The minimum Gasteiger partial charge on any atom is -0.490 e. The predicted molar refractivity (Wildman–Crippen MR) is 64.9 cm³/mol. The summed E-state index contributed by atoms with van der Waals surface area (Å²) in [5.74, 6) is 1.28. The third-order valence-electron chi connectivity index (χ3n) is 2.49. The summed E-state index contributed by atoms with van der Waals surface area (Å²) in [6.07, 6.45) is 0.0944. The number of rotatable bonds is 2. The highest BCUT2D eigenvalue weighted by Gasteiger charge is 2.18. The molecule has 17 heavy (non-hydrogen) atoms. The molecule has 0 aromatic heterocycles. The van der Waals surface area contributed by atoms with Gasteiger partial charge < -0.3 is 14.6 Å². The standard InChI is InChI=1S/C12H12BrNO3/c13-9-6-8(10(15)2-3-14)7-11-12(9)17-5-1-4-16-11/h6-7,10,15H,1-2,4-5H2. The first-order valence-corrected chi connectivity index (χ1v) is 6.15. The lowest BCUT2D eigenvalue weighted by molar-refractivity contribution is 0.182. The van der Waals surface area contributed by atoms with Crippen LogP contribution in [0, 0.1) is 11.3 Å². The molecular formula is C12H12BrNO3. The highest BCUT2D eigenvalue weighted by Crippen LogP contribution is 2.39. The van der Waals surface area contributed by atoms with Crippen LogP contribution in [-0.2, 0) is 0 Å². The summed E-state index contributed by atoms with van der Waals surface area (Å²) in [5, 5.41) is 18.4. The molecule has 90 valence electrons. The van der Waals surface area contributed by atoms with Crippen molar-refractivity contribution in [3.63, 3.8) is 0 Å². The van der Waals surface area contributed by atoms with Gasteiger partial charge in [-0.3, -0.25) is 0 Å². The van der Waals surface area contributed by atoms with Gasteiger partial charge in [0.05, 0.1) is 36.3 Å². The van der Waals surface area contributed by atoms with Gasteiger partial charge in [0.2, 0.25) is 0 Å². The molecule has 2 rings (SSSR count). The molecule has 1 heterocycles. The second kappa shape index (κ2) is 5.39. The third-order valence-corrected chi connectivity index (χ3v) is 3.08. The number of benzene rings is 1. The summed E-state index contributed by atoms with van der Waals surface area (Å²) >= 11 is 3.39. The van der Waals surface area contributed by atoms with Crippen molar-refractivity contribution in [3.05, 3.63) is 22.2 Å². The van der Waals surface area contributed by atoms with Gasteiger partial charge >= 0.3 is 0 Å². The molecule has 0 spiro atoms. The maximum atomic E-state index is 9.78. The van der Waals surface area contributed by atoms with Crippen molar-refractivity contribution < 1.29 is 14.6 Å². The van der Waals surface area contributed by atoms with Crippen molar-refractivity contribution >= 4 is 15.9 Å². The molecule has 0 fully saturated rings. The molecule has 0 saturated carbocycles. The zero-order valence-corrected chi connectivity index (χ0v) is 10.7. The van der Waals surface area contributed by atoms with Gasteiger partial charge in [0.1, 0.15) is 0 Å². The minimum absolute atomic E-state index is 0.0616. The molecule has 1 aliphatic rings. The van der Waals surface area contributed by atoms with Gasteiger partial charge in [-0.15, -0.1) is 0 Å². The smallest absolute Gasteiger partial charge is 0.175 e. The van der Waals surface area contributed by atoms with E-state index in [0.29, 0.717) is 30.3 Å². The largest absolute Gasteiger partial charge is 0.490 e. The average Bonchev–Trinajstić information content (AvgIpc) is 2.54. The van der Waals surface area contributed by atoms with E-state index in [4.69, 9.17) is 14.7 Å². The number of halogens is 1. The molecule has 1 unspecified atom stereocenters. The Morgan fingerprint density at radius 1 is 1.41 bits per heavy atom.